The van der Waals surface area contributed by atoms with Crippen molar-refractivity contribution in [1.29, 1.82) is 0 Å². The van der Waals surface area contributed by atoms with Crippen LogP contribution in [0.4, 0.5) is 11.4 Å². The summed E-state index contributed by atoms with van der Waals surface area (Å²) in [5.41, 5.74) is 1.87. The monoisotopic (exact) mass is 314 g/mol. The minimum atomic E-state index is -0.473. The van der Waals surface area contributed by atoms with E-state index in [0.717, 1.165) is 11.3 Å². The fraction of sp³-hybridized carbons (Fsp3) is 0.235. The number of nitrogens with one attached hydrogen (secondary N) is 1. The Morgan fingerprint density at radius 2 is 1.91 bits per heavy atom. The molecule has 0 amide bonds. The molecular weight excluding hydrogens is 296 g/mol. The third-order valence-corrected chi connectivity index (χ3v) is 3.48. The molecule has 0 radical (unpaired) electrons. The Morgan fingerprint density at radius 3 is 2.48 bits per heavy atom. The number of methoxy groups -OCH3 is 1. The Kier molecular flexibility index (Phi) is 5.30. The summed E-state index contributed by atoms with van der Waals surface area (Å²) in [6, 6.07) is 11.7. The van der Waals surface area contributed by atoms with Crippen molar-refractivity contribution in [1.82, 2.24) is 0 Å². The van der Waals surface area contributed by atoms with Gasteiger partial charge in [0, 0.05) is 30.7 Å². The van der Waals surface area contributed by atoms with Crippen LogP contribution in [-0.2, 0) is 6.54 Å². The molecular formula is C17H18N2O4. The van der Waals surface area contributed by atoms with Crippen molar-refractivity contribution in [2.75, 3.05) is 12.4 Å². The third kappa shape index (κ3) is 4.06. The number of ether oxygens (including phenoxy) is 1. The number of benzene rings is 2. The van der Waals surface area contributed by atoms with Crippen LogP contribution in [0.15, 0.2) is 42.5 Å². The first-order valence-electron chi connectivity index (χ1n) is 7.23. The van der Waals surface area contributed by atoms with Crippen LogP contribution in [0, 0.1) is 10.1 Å². The summed E-state index contributed by atoms with van der Waals surface area (Å²) >= 11 is 0. The van der Waals surface area contributed by atoms with E-state index in [2.05, 4.69) is 5.32 Å². The maximum Gasteiger partial charge on any atom is 0.271 e. The van der Waals surface area contributed by atoms with E-state index in [4.69, 9.17) is 4.74 Å². The first-order chi connectivity index (χ1) is 11.0. The summed E-state index contributed by atoms with van der Waals surface area (Å²) in [5, 5.41) is 14.0. The van der Waals surface area contributed by atoms with E-state index in [-0.39, 0.29) is 11.5 Å². The van der Waals surface area contributed by atoms with Crippen LogP contribution < -0.4 is 10.1 Å². The lowest BCUT2D eigenvalue weighted by molar-refractivity contribution is -0.384. The Bertz CT molecular complexity index is 711. The van der Waals surface area contributed by atoms with E-state index in [1.807, 2.05) is 24.3 Å². The molecule has 120 valence electrons. The van der Waals surface area contributed by atoms with E-state index in [9.17, 15) is 14.9 Å². The molecule has 1 N–H and O–H groups in total. The number of carbonyl (C=O) groups excluding carboxylic acids is 1. The molecule has 0 unspecified atom stereocenters. The maximum absolute atomic E-state index is 12.0. The highest BCUT2D eigenvalue weighted by atomic mass is 16.6. The second kappa shape index (κ2) is 7.40. The topological polar surface area (TPSA) is 81.5 Å². The minimum Gasteiger partial charge on any atom is -0.497 e. The lowest BCUT2D eigenvalue weighted by Gasteiger charge is -2.11. The van der Waals surface area contributed by atoms with E-state index in [1.165, 1.54) is 18.2 Å². The van der Waals surface area contributed by atoms with Gasteiger partial charge in [-0.15, -0.1) is 0 Å². The largest absolute Gasteiger partial charge is 0.497 e. The molecule has 6 nitrogen and oxygen atoms in total. The van der Waals surface area contributed by atoms with Gasteiger partial charge < -0.3 is 10.1 Å². The summed E-state index contributed by atoms with van der Waals surface area (Å²) in [5.74, 6) is 0.697. The van der Waals surface area contributed by atoms with E-state index >= 15 is 0 Å². The molecule has 0 saturated heterocycles. The summed E-state index contributed by atoms with van der Waals surface area (Å²) in [4.78, 5) is 22.4. The molecule has 0 fully saturated rings. The molecule has 2 aromatic rings. The predicted molar refractivity (Wildman–Crippen MR) is 88.0 cm³/mol. The molecule has 0 atom stereocenters. The highest BCUT2D eigenvalue weighted by Gasteiger charge is 2.14. The fourth-order valence-corrected chi connectivity index (χ4v) is 2.17. The Labute approximate surface area is 134 Å². The molecule has 0 heterocycles. The lowest BCUT2D eigenvalue weighted by atomic mass is 10.1. The molecule has 0 aliphatic carbocycles. The number of non-ortho nitro benzene ring substituents is 1. The summed E-state index contributed by atoms with van der Waals surface area (Å²) in [6.45, 7) is 2.21. The maximum atomic E-state index is 12.0. The average Bonchev–Trinajstić information content (AvgIpc) is 2.59. The van der Waals surface area contributed by atoms with Crippen LogP contribution in [0.5, 0.6) is 5.75 Å². The summed E-state index contributed by atoms with van der Waals surface area (Å²) in [7, 11) is 1.60. The zero-order valence-corrected chi connectivity index (χ0v) is 13.0. The van der Waals surface area contributed by atoms with Gasteiger partial charge in [0.05, 0.1) is 17.7 Å². The number of nitro groups is 1. The number of rotatable bonds is 7. The van der Waals surface area contributed by atoms with Gasteiger partial charge in [-0.05, 0) is 23.8 Å². The minimum absolute atomic E-state index is 0.0464. The highest BCUT2D eigenvalue weighted by Crippen LogP contribution is 2.24. The predicted octanol–water partition coefficient (Wildman–Crippen LogP) is 3.81. The number of ketones is 1. The number of carbonyl (C=O) groups is 1. The molecule has 0 bridgehead atoms. The number of hydrogen-bond donors (Lipinski definition) is 1. The van der Waals surface area contributed by atoms with Crippen LogP contribution in [-0.4, -0.2) is 17.8 Å². The molecule has 23 heavy (non-hydrogen) atoms. The molecule has 6 heteroatoms. The van der Waals surface area contributed by atoms with Crippen LogP contribution in [0.1, 0.15) is 29.3 Å². The van der Waals surface area contributed by atoms with E-state index < -0.39 is 4.92 Å². The molecule has 0 spiro atoms. The zero-order chi connectivity index (χ0) is 16.8. The van der Waals surface area contributed by atoms with Crippen molar-refractivity contribution in [3.63, 3.8) is 0 Å². The van der Waals surface area contributed by atoms with Crippen LogP contribution in [0.25, 0.3) is 0 Å². The van der Waals surface area contributed by atoms with Crippen molar-refractivity contribution >= 4 is 17.2 Å². The first-order valence-corrected chi connectivity index (χ1v) is 7.23. The van der Waals surface area contributed by atoms with Gasteiger partial charge in [-0.1, -0.05) is 19.1 Å². The second-order valence-corrected chi connectivity index (χ2v) is 4.97. The Balaban J connectivity index is 2.23. The van der Waals surface area contributed by atoms with Crippen molar-refractivity contribution in [2.45, 2.75) is 19.9 Å². The number of hydrogen-bond acceptors (Lipinski definition) is 5. The van der Waals surface area contributed by atoms with Gasteiger partial charge >= 0.3 is 0 Å². The zero-order valence-electron chi connectivity index (χ0n) is 13.0. The van der Waals surface area contributed by atoms with Crippen molar-refractivity contribution in [3.8, 4) is 5.75 Å². The molecule has 0 aromatic heterocycles. The number of anilines is 1. The Morgan fingerprint density at radius 1 is 1.22 bits per heavy atom. The van der Waals surface area contributed by atoms with E-state index in [1.54, 1.807) is 14.0 Å². The standard InChI is InChI=1S/C17H18N2O4/c1-3-17(20)15-9-6-13(19(21)22)10-16(15)18-11-12-4-7-14(23-2)8-5-12/h4-10,18H,3,11H2,1-2H3. The van der Waals surface area contributed by atoms with Gasteiger partial charge in [0.15, 0.2) is 5.78 Å². The normalized spacial score (nSPS) is 10.2. The lowest BCUT2D eigenvalue weighted by Crippen LogP contribution is -2.07. The summed E-state index contributed by atoms with van der Waals surface area (Å²) in [6.07, 6.45) is 0.342. The van der Waals surface area contributed by atoms with Gasteiger partial charge in [0.2, 0.25) is 0 Å². The molecule has 0 saturated carbocycles. The van der Waals surface area contributed by atoms with Crippen LogP contribution in [0.2, 0.25) is 0 Å². The highest BCUT2D eigenvalue weighted by molar-refractivity contribution is 6.01. The number of nitro benzene ring substituents is 1. The smallest absolute Gasteiger partial charge is 0.271 e. The second-order valence-electron chi connectivity index (χ2n) is 4.97. The van der Waals surface area contributed by atoms with Crippen molar-refractivity contribution in [2.24, 2.45) is 0 Å². The van der Waals surface area contributed by atoms with Crippen LogP contribution in [0.3, 0.4) is 0 Å². The quantitative estimate of drug-likeness (QED) is 0.477. The number of nitrogens with zero attached hydrogens (tertiary/aromatic N) is 1. The molecule has 0 aliphatic rings. The average molecular weight is 314 g/mol. The van der Waals surface area contributed by atoms with Gasteiger partial charge in [0.25, 0.3) is 5.69 Å². The van der Waals surface area contributed by atoms with Gasteiger partial charge in [0.1, 0.15) is 5.75 Å². The first kappa shape index (κ1) is 16.5. The SMILES string of the molecule is CCC(=O)c1ccc([N+](=O)[O-])cc1NCc1ccc(OC)cc1. The Hall–Kier alpha value is -2.89. The van der Waals surface area contributed by atoms with Crippen molar-refractivity contribution < 1.29 is 14.5 Å². The van der Waals surface area contributed by atoms with Crippen molar-refractivity contribution in [3.05, 3.63) is 63.7 Å². The van der Waals surface area contributed by atoms with Gasteiger partial charge in [-0.3, -0.25) is 14.9 Å². The van der Waals surface area contributed by atoms with Crippen LogP contribution >= 0.6 is 0 Å². The third-order valence-electron chi connectivity index (χ3n) is 3.48. The fourth-order valence-electron chi connectivity index (χ4n) is 2.17. The van der Waals surface area contributed by atoms with Gasteiger partial charge in [-0.25, -0.2) is 0 Å². The molecule has 0 aliphatic heterocycles. The molecule has 2 rings (SSSR count). The summed E-state index contributed by atoms with van der Waals surface area (Å²) < 4.78 is 5.10. The number of Topliss-reactive ketones (excluding diaryl/α,β-unsaturated/α-hetero) is 1. The molecule has 2 aromatic carbocycles. The van der Waals surface area contributed by atoms with Gasteiger partial charge in [-0.2, -0.15) is 0 Å². The van der Waals surface area contributed by atoms with E-state index in [0.29, 0.717) is 24.2 Å².